The number of carbonyl (C=O) groups is 1. The van der Waals surface area contributed by atoms with Gasteiger partial charge in [0, 0.05) is 11.8 Å². The van der Waals surface area contributed by atoms with Crippen molar-refractivity contribution < 1.29 is 4.79 Å². The molecule has 0 aromatic carbocycles. The minimum Gasteiger partial charge on any atom is -0.355 e. The molecular weight excluding hydrogens is 254 g/mol. The number of amides is 1. The summed E-state index contributed by atoms with van der Waals surface area (Å²) in [6.07, 6.45) is 15.3. The average Bonchev–Trinajstić information content (AvgIpc) is 2.47. The Hall–Kier alpha value is -0.440. The first kappa shape index (κ1) is 15.0. The molecule has 2 aliphatic carbocycles. The molecule has 0 aliphatic heterocycles. The van der Waals surface area contributed by atoms with Crippen LogP contribution in [0.3, 0.4) is 0 Å². The molecule has 0 bridgehead atoms. The molecule has 1 N–H and O–H groups in total. The van der Waals surface area contributed by atoms with Gasteiger partial charge >= 0.3 is 0 Å². The lowest BCUT2D eigenvalue weighted by Gasteiger charge is -2.20. The summed E-state index contributed by atoms with van der Waals surface area (Å²) in [7, 11) is 0. The van der Waals surface area contributed by atoms with Crippen LogP contribution in [0.4, 0.5) is 0 Å². The number of nitrogens with one attached hydrogen (secondary N) is 1. The number of allylic oxidation sites excluding steroid dienone is 1. The number of rotatable bonds is 6. The molecule has 0 aromatic rings. The SMILES string of the molecule is O=C(CSC1CCCCC1)NCCC1=CCCCC1. The molecule has 0 radical (unpaired) electrons. The van der Waals surface area contributed by atoms with E-state index in [-0.39, 0.29) is 5.91 Å². The molecule has 0 saturated heterocycles. The number of hydrogen-bond donors (Lipinski definition) is 1. The zero-order valence-electron chi connectivity index (χ0n) is 12.0. The molecule has 2 aliphatic rings. The Morgan fingerprint density at radius 1 is 1.21 bits per heavy atom. The molecule has 2 rings (SSSR count). The summed E-state index contributed by atoms with van der Waals surface area (Å²) in [4.78, 5) is 11.8. The first-order valence-electron chi connectivity index (χ1n) is 7.91. The van der Waals surface area contributed by atoms with Crippen molar-refractivity contribution in [2.45, 2.75) is 69.5 Å². The highest BCUT2D eigenvalue weighted by molar-refractivity contribution is 8.00. The van der Waals surface area contributed by atoms with Gasteiger partial charge in [-0.2, -0.15) is 0 Å². The van der Waals surface area contributed by atoms with E-state index < -0.39 is 0 Å². The zero-order valence-corrected chi connectivity index (χ0v) is 12.8. The van der Waals surface area contributed by atoms with Crippen LogP contribution in [-0.4, -0.2) is 23.5 Å². The largest absolute Gasteiger partial charge is 0.355 e. The molecular formula is C16H27NOS. The van der Waals surface area contributed by atoms with Gasteiger partial charge in [-0.1, -0.05) is 30.9 Å². The van der Waals surface area contributed by atoms with E-state index in [9.17, 15) is 4.79 Å². The van der Waals surface area contributed by atoms with Crippen LogP contribution in [0.1, 0.15) is 64.2 Å². The van der Waals surface area contributed by atoms with Crippen molar-refractivity contribution in [2.24, 2.45) is 0 Å². The maximum Gasteiger partial charge on any atom is 0.230 e. The number of hydrogen-bond acceptors (Lipinski definition) is 2. The van der Waals surface area contributed by atoms with Crippen LogP contribution < -0.4 is 5.32 Å². The highest BCUT2D eigenvalue weighted by Gasteiger charge is 2.15. The van der Waals surface area contributed by atoms with E-state index in [1.54, 1.807) is 5.57 Å². The van der Waals surface area contributed by atoms with Gasteiger partial charge in [0.1, 0.15) is 0 Å². The molecule has 0 spiro atoms. The second-order valence-corrected chi connectivity index (χ2v) is 7.07. The first-order chi connectivity index (χ1) is 9.34. The number of carbonyl (C=O) groups excluding carboxylic acids is 1. The standard InChI is InChI=1S/C16H27NOS/c18-16(13-19-15-9-5-2-6-10-15)17-12-11-14-7-3-1-4-8-14/h7,15H,1-6,8-13H2,(H,17,18). The van der Waals surface area contributed by atoms with Crippen LogP contribution in [0, 0.1) is 0 Å². The Balaban J connectivity index is 1.52. The van der Waals surface area contributed by atoms with Gasteiger partial charge in [-0.15, -0.1) is 11.8 Å². The molecule has 1 fully saturated rings. The lowest BCUT2D eigenvalue weighted by atomic mass is 9.97. The fraction of sp³-hybridized carbons (Fsp3) is 0.812. The van der Waals surface area contributed by atoms with Crippen LogP contribution in [0.25, 0.3) is 0 Å². The Bertz CT molecular complexity index is 308. The van der Waals surface area contributed by atoms with Crippen LogP contribution in [0.2, 0.25) is 0 Å². The Morgan fingerprint density at radius 2 is 2.05 bits per heavy atom. The molecule has 19 heavy (non-hydrogen) atoms. The minimum atomic E-state index is 0.229. The summed E-state index contributed by atoms with van der Waals surface area (Å²) >= 11 is 1.86. The first-order valence-corrected chi connectivity index (χ1v) is 8.95. The van der Waals surface area contributed by atoms with Crippen LogP contribution >= 0.6 is 11.8 Å². The molecule has 1 saturated carbocycles. The van der Waals surface area contributed by atoms with Crippen molar-refractivity contribution in [3.8, 4) is 0 Å². The maximum absolute atomic E-state index is 11.8. The van der Waals surface area contributed by atoms with Crippen LogP contribution in [0.5, 0.6) is 0 Å². The predicted octanol–water partition coefficient (Wildman–Crippen LogP) is 4.06. The van der Waals surface area contributed by atoms with Crippen LogP contribution in [0.15, 0.2) is 11.6 Å². The van der Waals surface area contributed by atoms with Gasteiger partial charge in [0.2, 0.25) is 5.91 Å². The fourth-order valence-electron chi connectivity index (χ4n) is 2.97. The van der Waals surface area contributed by atoms with Crippen molar-refractivity contribution in [3.05, 3.63) is 11.6 Å². The summed E-state index contributed by atoms with van der Waals surface area (Å²) in [5.41, 5.74) is 1.55. The molecule has 0 atom stereocenters. The van der Waals surface area contributed by atoms with Crippen molar-refractivity contribution in [3.63, 3.8) is 0 Å². The van der Waals surface area contributed by atoms with E-state index >= 15 is 0 Å². The van der Waals surface area contributed by atoms with Gasteiger partial charge in [-0.25, -0.2) is 0 Å². The van der Waals surface area contributed by atoms with Gasteiger partial charge in [0.15, 0.2) is 0 Å². The summed E-state index contributed by atoms with van der Waals surface area (Å²) in [5, 5.41) is 3.81. The predicted molar refractivity (Wildman–Crippen MR) is 83.5 cm³/mol. The van der Waals surface area contributed by atoms with E-state index in [2.05, 4.69) is 11.4 Å². The van der Waals surface area contributed by atoms with Gasteiger partial charge in [0.25, 0.3) is 0 Å². The highest BCUT2D eigenvalue weighted by Crippen LogP contribution is 2.27. The summed E-state index contributed by atoms with van der Waals surface area (Å²) in [6, 6.07) is 0. The van der Waals surface area contributed by atoms with E-state index in [4.69, 9.17) is 0 Å². The average molecular weight is 281 g/mol. The van der Waals surface area contributed by atoms with E-state index in [0.717, 1.165) is 18.2 Å². The van der Waals surface area contributed by atoms with Gasteiger partial charge in [-0.3, -0.25) is 4.79 Å². The molecule has 1 amide bonds. The molecule has 0 aromatic heterocycles. The monoisotopic (exact) mass is 281 g/mol. The maximum atomic E-state index is 11.8. The molecule has 3 heteroatoms. The topological polar surface area (TPSA) is 29.1 Å². The van der Waals surface area contributed by atoms with Crippen molar-refractivity contribution in [1.29, 1.82) is 0 Å². The van der Waals surface area contributed by atoms with Gasteiger partial charge in [0.05, 0.1) is 5.75 Å². The smallest absolute Gasteiger partial charge is 0.230 e. The number of thioether (sulfide) groups is 1. The normalized spacial score (nSPS) is 20.9. The second kappa shape index (κ2) is 8.68. The minimum absolute atomic E-state index is 0.229. The lowest BCUT2D eigenvalue weighted by Crippen LogP contribution is -2.27. The van der Waals surface area contributed by atoms with E-state index in [1.165, 1.54) is 57.8 Å². The third-order valence-corrected chi connectivity index (χ3v) is 5.53. The highest BCUT2D eigenvalue weighted by atomic mass is 32.2. The quantitative estimate of drug-likeness (QED) is 0.744. The second-order valence-electron chi connectivity index (χ2n) is 5.78. The Labute approximate surface area is 121 Å². The third kappa shape index (κ3) is 6.03. The molecule has 108 valence electrons. The molecule has 0 unspecified atom stereocenters. The molecule has 2 nitrogen and oxygen atoms in total. The lowest BCUT2D eigenvalue weighted by molar-refractivity contribution is -0.118. The van der Waals surface area contributed by atoms with Gasteiger partial charge < -0.3 is 5.32 Å². The fourth-order valence-corrected chi connectivity index (χ4v) is 4.13. The van der Waals surface area contributed by atoms with Crippen molar-refractivity contribution >= 4 is 17.7 Å². The zero-order chi connectivity index (χ0) is 13.3. The van der Waals surface area contributed by atoms with Crippen molar-refractivity contribution in [1.82, 2.24) is 5.32 Å². The Morgan fingerprint density at radius 3 is 2.79 bits per heavy atom. The Kier molecular flexibility index (Phi) is 6.83. The summed E-state index contributed by atoms with van der Waals surface area (Å²) in [6.45, 7) is 0.829. The van der Waals surface area contributed by atoms with E-state index in [1.807, 2.05) is 11.8 Å². The molecule has 0 heterocycles. The summed E-state index contributed by atoms with van der Waals surface area (Å²) < 4.78 is 0. The van der Waals surface area contributed by atoms with Crippen LogP contribution in [-0.2, 0) is 4.79 Å². The summed E-state index contributed by atoms with van der Waals surface area (Å²) in [5.74, 6) is 0.885. The van der Waals surface area contributed by atoms with E-state index in [0.29, 0.717) is 5.75 Å². The van der Waals surface area contributed by atoms with Gasteiger partial charge in [-0.05, 0) is 44.9 Å². The van der Waals surface area contributed by atoms with Crippen molar-refractivity contribution in [2.75, 3.05) is 12.3 Å². The third-order valence-electron chi connectivity index (χ3n) is 4.16.